The highest BCUT2D eigenvalue weighted by molar-refractivity contribution is 6.32. The third-order valence-electron chi connectivity index (χ3n) is 3.86. The summed E-state index contributed by atoms with van der Waals surface area (Å²) in [7, 11) is 1.61. The third kappa shape index (κ3) is 4.98. The van der Waals surface area contributed by atoms with E-state index < -0.39 is 11.9 Å². The zero-order valence-corrected chi connectivity index (χ0v) is 15.3. The minimum Gasteiger partial charge on any atom is -0.497 e. The Morgan fingerprint density at radius 1 is 1.28 bits per heavy atom. The fraction of sp³-hybridized carbons (Fsp3) is 0.333. The van der Waals surface area contributed by atoms with E-state index in [2.05, 4.69) is 5.32 Å². The lowest BCUT2D eigenvalue weighted by molar-refractivity contribution is -0.0433. The highest BCUT2D eigenvalue weighted by Crippen LogP contribution is 2.33. The van der Waals surface area contributed by atoms with Crippen LogP contribution in [0.15, 0.2) is 42.5 Å². The molecule has 0 radical (unpaired) electrons. The molecule has 1 aliphatic heterocycles. The molecule has 0 saturated carbocycles. The van der Waals surface area contributed by atoms with E-state index >= 15 is 0 Å². The van der Waals surface area contributed by atoms with Crippen molar-refractivity contribution in [3.63, 3.8) is 0 Å². The lowest BCUT2D eigenvalue weighted by Gasteiger charge is -2.32. The van der Waals surface area contributed by atoms with Crippen LogP contribution in [0.2, 0.25) is 5.02 Å². The fourth-order valence-electron chi connectivity index (χ4n) is 2.66. The number of methoxy groups -OCH3 is 1. The Morgan fingerprint density at radius 2 is 2.12 bits per heavy atom. The number of rotatable bonds is 5. The Morgan fingerprint density at radius 3 is 2.84 bits per heavy atom. The smallest absolute Gasteiger partial charge is 0.151 e. The molecule has 1 aliphatic rings. The van der Waals surface area contributed by atoms with Gasteiger partial charge >= 0.3 is 0 Å². The van der Waals surface area contributed by atoms with Gasteiger partial charge in [-0.2, -0.15) is 0 Å². The van der Waals surface area contributed by atoms with Crippen molar-refractivity contribution < 1.29 is 18.6 Å². The topological polar surface area (TPSA) is 39.7 Å². The average molecular weight is 388 g/mol. The van der Waals surface area contributed by atoms with Crippen LogP contribution in [0.25, 0.3) is 0 Å². The van der Waals surface area contributed by atoms with Gasteiger partial charge in [0.1, 0.15) is 23.4 Å². The molecule has 1 N–H and O–H groups in total. The summed E-state index contributed by atoms with van der Waals surface area (Å²) < 4.78 is 30.7. The molecule has 3 rings (SSSR count). The number of halogens is 3. The van der Waals surface area contributed by atoms with Crippen LogP contribution in [0.4, 0.5) is 4.39 Å². The first-order valence-corrected chi connectivity index (χ1v) is 8.13. The van der Waals surface area contributed by atoms with Gasteiger partial charge in [0, 0.05) is 19.2 Å². The van der Waals surface area contributed by atoms with Crippen LogP contribution in [0.3, 0.4) is 0 Å². The highest BCUT2D eigenvalue weighted by atomic mass is 35.5. The predicted octanol–water partition coefficient (Wildman–Crippen LogP) is 4.02. The van der Waals surface area contributed by atoms with Gasteiger partial charge in [-0.05, 0) is 29.8 Å². The summed E-state index contributed by atoms with van der Waals surface area (Å²) >= 11 is 6.15. The maximum atomic E-state index is 13.6. The van der Waals surface area contributed by atoms with E-state index in [1.54, 1.807) is 7.11 Å². The molecule has 7 heteroatoms. The minimum atomic E-state index is -0.438. The molecule has 2 aromatic rings. The number of benzene rings is 2. The average Bonchev–Trinajstić information content (AvgIpc) is 2.63. The zero-order chi connectivity index (χ0) is 16.9. The van der Waals surface area contributed by atoms with E-state index in [-0.39, 0.29) is 18.5 Å². The normalized spacial score (nSPS) is 18.1. The van der Waals surface area contributed by atoms with Crippen LogP contribution in [0, 0.1) is 5.82 Å². The number of nitrogens with one attached hydrogen (secondary N) is 1. The SMILES string of the molecule is COc1cccc(C(Oc2cc(F)ccc2Cl)[C@@H]2CNCCO2)c1.Cl. The quantitative estimate of drug-likeness (QED) is 0.840. The van der Waals surface area contributed by atoms with Crippen LogP contribution >= 0.6 is 24.0 Å². The summed E-state index contributed by atoms with van der Waals surface area (Å²) in [5.41, 5.74) is 0.878. The van der Waals surface area contributed by atoms with Crippen LogP contribution in [0.5, 0.6) is 11.5 Å². The number of hydrogen-bond donors (Lipinski definition) is 1. The summed E-state index contributed by atoms with van der Waals surface area (Å²) in [6.07, 6.45) is -0.655. The van der Waals surface area contributed by atoms with E-state index in [0.29, 0.717) is 23.9 Å². The van der Waals surface area contributed by atoms with E-state index in [1.807, 2.05) is 24.3 Å². The Bertz CT molecular complexity index is 696. The minimum absolute atomic E-state index is 0. The van der Waals surface area contributed by atoms with Gasteiger partial charge in [-0.25, -0.2) is 4.39 Å². The molecule has 0 aromatic heterocycles. The molecule has 2 aromatic carbocycles. The van der Waals surface area contributed by atoms with Crippen molar-refractivity contribution in [3.05, 3.63) is 58.9 Å². The van der Waals surface area contributed by atoms with Gasteiger partial charge in [0.2, 0.25) is 0 Å². The lowest BCUT2D eigenvalue weighted by atomic mass is 10.0. The molecule has 4 nitrogen and oxygen atoms in total. The molecule has 0 bridgehead atoms. The van der Waals surface area contributed by atoms with E-state index in [0.717, 1.165) is 17.9 Å². The summed E-state index contributed by atoms with van der Waals surface area (Å²) in [5.74, 6) is 0.607. The second kappa shape index (κ2) is 9.25. The third-order valence-corrected chi connectivity index (χ3v) is 4.18. The van der Waals surface area contributed by atoms with Gasteiger partial charge in [-0.3, -0.25) is 0 Å². The van der Waals surface area contributed by atoms with Crippen molar-refractivity contribution >= 4 is 24.0 Å². The van der Waals surface area contributed by atoms with Gasteiger partial charge in [0.15, 0.2) is 6.10 Å². The Labute approximate surface area is 157 Å². The van der Waals surface area contributed by atoms with Gasteiger partial charge in [-0.1, -0.05) is 23.7 Å². The van der Waals surface area contributed by atoms with Crippen LogP contribution in [0.1, 0.15) is 11.7 Å². The number of morpholine rings is 1. The van der Waals surface area contributed by atoms with Crippen LogP contribution in [-0.4, -0.2) is 32.9 Å². The monoisotopic (exact) mass is 387 g/mol. The van der Waals surface area contributed by atoms with Gasteiger partial charge in [0.05, 0.1) is 18.7 Å². The molecule has 1 fully saturated rings. The fourth-order valence-corrected chi connectivity index (χ4v) is 2.82. The van der Waals surface area contributed by atoms with Crippen molar-refractivity contribution in [1.82, 2.24) is 5.32 Å². The maximum Gasteiger partial charge on any atom is 0.151 e. The molecule has 0 aliphatic carbocycles. The molecule has 1 unspecified atom stereocenters. The molecule has 25 heavy (non-hydrogen) atoms. The van der Waals surface area contributed by atoms with Crippen molar-refractivity contribution in [2.75, 3.05) is 26.8 Å². The van der Waals surface area contributed by atoms with Crippen LogP contribution < -0.4 is 14.8 Å². The molecule has 1 heterocycles. The Kier molecular flexibility index (Phi) is 7.32. The first kappa shape index (κ1) is 19.8. The zero-order valence-electron chi connectivity index (χ0n) is 13.7. The first-order valence-electron chi connectivity index (χ1n) is 7.75. The maximum absolute atomic E-state index is 13.6. The predicted molar refractivity (Wildman–Crippen MR) is 97.6 cm³/mol. The molecule has 1 saturated heterocycles. The number of ether oxygens (including phenoxy) is 3. The van der Waals surface area contributed by atoms with E-state index in [1.165, 1.54) is 18.2 Å². The second-order valence-electron chi connectivity index (χ2n) is 5.50. The van der Waals surface area contributed by atoms with Crippen molar-refractivity contribution in [2.24, 2.45) is 0 Å². The van der Waals surface area contributed by atoms with Crippen molar-refractivity contribution in [2.45, 2.75) is 12.2 Å². The van der Waals surface area contributed by atoms with Crippen LogP contribution in [-0.2, 0) is 4.74 Å². The van der Waals surface area contributed by atoms with E-state index in [9.17, 15) is 4.39 Å². The summed E-state index contributed by atoms with van der Waals surface area (Å²) in [6, 6.07) is 11.6. The van der Waals surface area contributed by atoms with Gasteiger partial charge < -0.3 is 19.5 Å². The standard InChI is InChI=1S/C18H19ClFNO3.ClH/c1-22-14-4-2-3-12(9-14)18(17-11-21-7-8-23-17)24-16-10-13(20)5-6-15(16)19;/h2-6,9-10,17-18,21H,7-8,11H2,1H3;1H/t17-,18?;/m0./s1. The number of hydrogen-bond acceptors (Lipinski definition) is 4. The summed E-state index contributed by atoms with van der Waals surface area (Å²) in [6.45, 7) is 2.02. The Balaban J connectivity index is 0.00000225. The van der Waals surface area contributed by atoms with E-state index in [4.69, 9.17) is 25.8 Å². The second-order valence-corrected chi connectivity index (χ2v) is 5.91. The molecule has 0 amide bonds. The van der Waals surface area contributed by atoms with Gasteiger partial charge in [-0.15, -0.1) is 12.4 Å². The molecule has 2 atom stereocenters. The summed E-state index contributed by atoms with van der Waals surface area (Å²) in [5, 5.41) is 3.64. The van der Waals surface area contributed by atoms with Crippen molar-refractivity contribution in [3.8, 4) is 11.5 Å². The van der Waals surface area contributed by atoms with Gasteiger partial charge in [0.25, 0.3) is 0 Å². The largest absolute Gasteiger partial charge is 0.497 e. The molecular weight excluding hydrogens is 368 g/mol. The highest BCUT2D eigenvalue weighted by Gasteiger charge is 2.29. The molecule has 136 valence electrons. The summed E-state index contributed by atoms with van der Waals surface area (Å²) in [4.78, 5) is 0. The lowest BCUT2D eigenvalue weighted by Crippen LogP contribution is -2.43. The van der Waals surface area contributed by atoms with Crippen molar-refractivity contribution in [1.29, 1.82) is 0 Å². The first-order chi connectivity index (χ1) is 11.7. The molecule has 0 spiro atoms. The Hall–Kier alpha value is -1.53. The molecular formula is C18H20Cl2FNO3.